The Morgan fingerprint density at radius 2 is 2.09 bits per heavy atom. The second-order valence-electron chi connectivity index (χ2n) is 7.92. The van der Waals surface area contributed by atoms with Gasteiger partial charge in [-0.15, -0.1) is 0 Å². The van der Waals surface area contributed by atoms with E-state index in [0.717, 1.165) is 5.39 Å². The topological polar surface area (TPSA) is 83.5 Å². The van der Waals surface area contributed by atoms with Crippen LogP contribution in [0.5, 0.6) is 0 Å². The van der Waals surface area contributed by atoms with Crippen molar-refractivity contribution in [1.29, 1.82) is 0 Å². The molecule has 8 nitrogen and oxygen atoms in total. The number of alkyl halides is 2. The standard InChI is InChI=1S/C22H24F3N6O2P/c1-12-6-17(23)18(28-22(32)31-5-4-15(11-31)33-20(24)25)8-16(12)13-7-14-10-27-21(30(2)34-3)29-19(14)26-9-13/h6-10,15,20,34H,4-5,11H2,1-3H3,(H,28,32)/t15-/m0/s1. The van der Waals surface area contributed by atoms with E-state index in [1.165, 1.54) is 17.0 Å². The largest absolute Gasteiger partial charge is 0.345 e. The maximum absolute atomic E-state index is 14.7. The summed E-state index contributed by atoms with van der Waals surface area (Å²) in [5.74, 6) is -0.0148. The number of carbonyl (C=O) groups excluding carboxylic acids is 1. The van der Waals surface area contributed by atoms with Crippen molar-refractivity contribution in [3.8, 4) is 11.1 Å². The number of nitrogens with one attached hydrogen (secondary N) is 1. The van der Waals surface area contributed by atoms with Gasteiger partial charge in [-0.05, 0) is 58.1 Å². The summed E-state index contributed by atoms with van der Waals surface area (Å²) in [5.41, 5.74) is 2.59. The number of likely N-dealkylation sites (tertiary alicyclic amines) is 1. The quantitative estimate of drug-likeness (QED) is 0.505. The van der Waals surface area contributed by atoms with Crippen LogP contribution in [0.25, 0.3) is 22.2 Å². The summed E-state index contributed by atoms with van der Waals surface area (Å²) >= 11 is 0. The highest BCUT2D eigenvalue weighted by atomic mass is 31.1. The summed E-state index contributed by atoms with van der Waals surface area (Å²) in [6.07, 6.45) is 2.89. The molecule has 0 saturated carbocycles. The first-order valence-corrected chi connectivity index (χ1v) is 12.0. The summed E-state index contributed by atoms with van der Waals surface area (Å²) in [6.45, 7) is 1.15. The Morgan fingerprint density at radius 1 is 1.29 bits per heavy atom. The zero-order valence-electron chi connectivity index (χ0n) is 18.8. The van der Waals surface area contributed by atoms with Gasteiger partial charge in [-0.3, -0.25) is 0 Å². The normalized spacial score (nSPS) is 16.2. The van der Waals surface area contributed by atoms with E-state index in [9.17, 15) is 18.0 Å². The first-order valence-electron chi connectivity index (χ1n) is 10.6. The van der Waals surface area contributed by atoms with Crippen LogP contribution >= 0.6 is 8.73 Å². The minimum absolute atomic E-state index is 0.0129. The number of hydrogen-bond acceptors (Lipinski definition) is 6. The zero-order valence-corrected chi connectivity index (χ0v) is 19.8. The molecule has 1 aliphatic heterocycles. The van der Waals surface area contributed by atoms with Crippen molar-refractivity contribution in [1.82, 2.24) is 19.9 Å². The summed E-state index contributed by atoms with van der Waals surface area (Å²) in [4.78, 5) is 27.2. The fourth-order valence-corrected chi connectivity index (χ4v) is 4.07. The van der Waals surface area contributed by atoms with E-state index in [1.54, 1.807) is 19.3 Å². The average Bonchev–Trinajstić information content (AvgIpc) is 3.27. The van der Waals surface area contributed by atoms with Gasteiger partial charge in [-0.2, -0.15) is 13.8 Å². The molecule has 1 saturated heterocycles. The van der Waals surface area contributed by atoms with E-state index < -0.39 is 24.6 Å². The van der Waals surface area contributed by atoms with Crippen molar-refractivity contribution < 1.29 is 22.7 Å². The predicted octanol–water partition coefficient (Wildman–Crippen LogP) is 4.64. The van der Waals surface area contributed by atoms with Crippen LogP contribution in [-0.2, 0) is 4.74 Å². The summed E-state index contributed by atoms with van der Waals surface area (Å²) < 4.78 is 45.9. The Morgan fingerprint density at radius 3 is 2.82 bits per heavy atom. The number of aromatic nitrogens is 3. The molecular weight excluding hydrogens is 468 g/mol. The molecule has 3 heterocycles. The number of hydrogen-bond donors (Lipinski definition) is 1. The van der Waals surface area contributed by atoms with Gasteiger partial charge in [0.2, 0.25) is 5.95 Å². The Kier molecular flexibility index (Phi) is 7.13. The molecular formula is C22H24F3N6O2P. The highest BCUT2D eigenvalue weighted by Crippen LogP contribution is 2.31. The fraction of sp³-hybridized carbons (Fsp3) is 0.364. The van der Waals surface area contributed by atoms with Crippen molar-refractivity contribution in [3.05, 3.63) is 42.0 Å². The molecule has 1 aromatic carbocycles. The van der Waals surface area contributed by atoms with Gasteiger partial charge >= 0.3 is 12.6 Å². The molecule has 0 radical (unpaired) electrons. The third-order valence-electron chi connectivity index (χ3n) is 5.65. The molecule has 34 heavy (non-hydrogen) atoms. The molecule has 2 atom stereocenters. The smallest absolute Gasteiger partial charge is 0.326 e. The first kappa shape index (κ1) is 24.1. The Bertz CT molecular complexity index is 1210. The molecule has 0 bridgehead atoms. The van der Waals surface area contributed by atoms with Crippen LogP contribution < -0.4 is 9.99 Å². The molecule has 0 spiro atoms. The van der Waals surface area contributed by atoms with Gasteiger partial charge in [-0.25, -0.2) is 19.2 Å². The highest BCUT2D eigenvalue weighted by molar-refractivity contribution is 7.39. The number of urea groups is 1. The third-order valence-corrected chi connectivity index (χ3v) is 6.52. The van der Waals surface area contributed by atoms with Crippen molar-refractivity contribution in [2.75, 3.05) is 36.8 Å². The number of carbonyl (C=O) groups is 1. The first-order chi connectivity index (χ1) is 16.2. The van der Waals surface area contributed by atoms with Gasteiger partial charge < -0.3 is 19.6 Å². The van der Waals surface area contributed by atoms with E-state index in [-0.39, 0.29) is 18.8 Å². The Balaban J connectivity index is 1.57. The lowest BCUT2D eigenvalue weighted by molar-refractivity contribution is -0.158. The lowest BCUT2D eigenvalue weighted by atomic mass is 10.0. The van der Waals surface area contributed by atoms with Gasteiger partial charge in [0.05, 0.1) is 11.8 Å². The van der Waals surface area contributed by atoms with Gasteiger partial charge in [0.15, 0.2) is 5.65 Å². The maximum atomic E-state index is 14.7. The van der Waals surface area contributed by atoms with Gasteiger partial charge in [-0.1, -0.05) is 0 Å². The Hall–Kier alpha value is -3.04. The SMILES string of the molecule is CPN(C)c1ncc2cc(-c3cc(NC(=O)N4CC[C@H](OC(F)F)C4)c(F)cc3C)cnc2n1. The van der Waals surface area contributed by atoms with E-state index in [0.29, 0.717) is 43.4 Å². The van der Waals surface area contributed by atoms with Crippen molar-refractivity contribution in [3.63, 3.8) is 0 Å². The van der Waals surface area contributed by atoms with E-state index >= 15 is 0 Å². The number of fused-ring (bicyclic) bond motifs is 1. The van der Waals surface area contributed by atoms with Crippen molar-refractivity contribution >= 4 is 37.4 Å². The number of pyridine rings is 1. The molecule has 0 aliphatic carbocycles. The molecule has 2 aromatic heterocycles. The second-order valence-corrected chi connectivity index (χ2v) is 9.04. The van der Waals surface area contributed by atoms with Crippen LogP contribution in [0.3, 0.4) is 0 Å². The van der Waals surface area contributed by atoms with E-state index in [4.69, 9.17) is 0 Å². The minimum Gasteiger partial charge on any atom is -0.326 e. The van der Waals surface area contributed by atoms with Crippen molar-refractivity contribution in [2.24, 2.45) is 0 Å². The molecule has 1 aliphatic rings. The highest BCUT2D eigenvalue weighted by Gasteiger charge is 2.29. The van der Waals surface area contributed by atoms with Crippen molar-refractivity contribution in [2.45, 2.75) is 26.1 Å². The molecule has 1 unspecified atom stereocenters. The Labute approximate surface area is 196 Å². The lowest BCUT2D eigenvalue weighted by Gasteiger charge is -2.19. The van der Waals surface area contributed by atoms with Crippen LogP contribution in [0.15, 0.2) is 30.6 Å². The molecule has 1 N–H and O–H groups in total. The molecule has 12 heteroatoms. The average molecular weight is 492 g/mol. The van der Waals surface area contributed by atoms with Crippen LogP contribution in [0.4, 0.5) is 29.6 Å². The van der Waals surface area contributed by atoms with E-state index in [2.05, 4.69) is 25.0 Å². The van der Waals surface area contributed by atoms with Gasteiger partial charge in [0.25, 0.3) is 0 Å². The number of ether oxygens (including phenoxy) is 1. The minimum atomic E-state index is -2.90. The van der Waals surface area contributed by atoms with Crippen LogP contribution in [0.1, 0.15) is 12.0 Å². The van der Waals surface area contributed by atoms with Crippen LogP contribution in [0, 0.1) is 12.7 Å². The predicted molar refractivity (Wildman–Crippen MR) is 126 cm³/mol. The zero-order chi connectivity index (χ0) is 24.4. The van der Waals surface area contributed by atoms with E-state index in [1.807, 2.05) is 24.4 Å². The summed E-state index contributed by atoms with van der Waals surface area (Å²) in [7, 11) is 2.42. The third kappa shape index (κ3) is 5.20. The summed E-state index contributed by atoms with van der Waals surface area (Å²) in [5, 5.41) is 3.27. The monoisotopic (exact) mass is 492 g/mol. The number of rotatable bonds is 6. The maximum Gasteiger partial charge on any atom is 0.345 e. The molecule has 180 valence electrons. The summed E-state index contributed by atoms with van der Waals surface area (Å²) in [6, 6.07) is 4.15. The number of benzene rings is 1. The number of anilines is 2. The number of halogens is 3. The molecule has 2 amide bonds. The number of amides is 2. The number of nitrogens with zero attached hydrogens (tertiary/aromatic N) is 5. The lowest BCUT2D eigenvalue weighted by Crippen LogP contribution is -2.34. The van der Waals surface area contributed by atoms with Crippen LogP contribution in [0.2, 0.25) is 0 Å². The number of aryl methyl sites for hydroxylation is 1. The molecule has 3 aromatic rings. The molecule has 4 rings (SSSR count). The van der Waals surface area contributed by atoms with Gasteiger partial charge in [0, 0.05) is 43.5 Å². The molecule has 1 fully saturated rings. The second kappa shape index (κ2) is 10.1. The van der Waals surface area contributed by atoms with Gasteiger partial charge in [0.1, 0.15) is 5.82 Å². The van der Waals surface area contributed by atoms with Crippen LogP contribution in [-0.4, -0.2) is 65.4 Å². The fourth-order valence-electron chi connectivity index (χ4n) is 3.77.